The second-order valence-corrected chi connectivity index (χ2v) is 5.06. The summed E-state index contributed by atoms with van der Waals surface area (Å²) in [5.41, 5.74) is 0.675. The monoisotopic (exact) mass is 277 g/mol. The van der Waals surface area contributed by atoms with Gasteiger partial charge in [0, 0.05) is 24.3 Å². The summed E-state index contributed by atoms with van der Waals surface area (Å²) in [6, 6.07) is 3.85. The lowest BCUT2D eigenvalue weighted by Gasteiger charge is -2.18. The molecule has 1 amide bonds. The van der Waals surface area contributed by atoms with Gasteiger partial charge in [-0.2, -0.15) is 0 Å². The first-order valence-corrected chi connectivity index (χ1v) is 7.72. The molecule has 1 atom stereocenters. The Morgan fingerprint density at radius 3 is 2.70 bits per heavy atom. The molecule has 0 aliphatic carbocycles. The lowest BCUT2D eigenvalue weighted by atomic mass is 10.0. The quantitative estimate of drug-likeness (QED) is 0.725. The molecular weight excluding hydrogens is 250 g/mol. The number of amides is 1. The number of hydrogen-bond donors (Lipinski definition) is 2. The summed E-state index contributed by atoms with van der Waals surface area (Å²) in [5, 5.41) is 6.27. The second-order valence-electron chi connectivity index (χ2n) is 5.06. The summed E-state index contributed by atoms with van der Waals surface area (Å²) in [4.78, 5) is 16.5. The average molecular weight is 277 g/mol. The van der Waals surface area contributed by atoms with Crippen molar-refractivity contribution < 1.29 is 4.79 Å². The molecule has 0 aromatic carbocycles. The molecule has 0 saturated carbocycles. The third-order valence-corrected chi connectivity index (χ3v) is 3.26. The maximum absolute atomic E-state index is 12.3. The van der Waals surface area contributed by atoms with Crippen molar-refractivity contribution in [3.8, 4) is 0 Å². The zero-order valence-electron chi connectivity index (χ0n) is 12.9. The van der Waals surface area contributed by atoms with E-state index in [2.05, 4.69) is 29.5 Å². The molecular formula is C16H27N3O. The number of aromatic nitrogens is 1. The van der Waals surface area contributed by atoms with Gasteiger partial charge < -0.3 is 10.6 Å². The van der Waals surface area contributed by atoms with E-state index in [0.29, 0.717) is 5.56 Å². The van der Waals surface area contributed by atoms with Crippen molar-refractivity contribution in [2.75, 3.05) is 11.9 Å². The number of nitrogens with zero attached hydrogens (tertiary/aromatic N) is 1. The Morgan fingerprint density at radius 1 is 1.25 bits per heavy atom. The van der Waals surface area contributed by atoms with Crippen LogP contribution in [-0.2, 0) is 0 Å². The molecule has 0 aliphatic rings. The van der Waals surface area contributed by atoms with E-state index in [4.69, 9.17) is 0 Å². The molecule has 1 aromatic heterocycles. The Kier molecular flexibility index (Phi) is 7.70. The first-order valence-electron chi connectivity index (χ1n) is 7.72. The molecule has 4 heteroatoms. The van der Waals surface area contributed by atoms with Gasteiger partial charge in [0.15, 0.2) is 0 Å². The van der Waals surface area contributed by atoms with Crippen molar-refractivity contribution in [3.05, 3.63) is 23.9 Å². The van der Waals surface area contributed by atoms with E-state index < -0.39 is 0 Å². The Morgan fingerprint density at radius 2 is 2.05 bits per heavy atom. The number of carbonyl (C=O) groups is 1. The summed E-state index contributed by atoms with van der Waals surface area (Å²) >= 11 is 0. The van der Waals surface area contributed by atoms with Crippen LogP contribution in [0.1, 0.15) is 63.2 Å². The summed E-state index contributed by atoms with van der Waals surface area (Å²) in [5.74, 6) is 0.752. The topological polar surface area (TPSA) is 54.0 Å². The standard InChI is InChI=1S/C16H27N3O/c1-4-7-9-14(8-5-2)19-16(20)13-10-11-18-15(12-13)17-6-3/h10-12,14H,4-9H2,1-3H3,(H,17,18)(H,19,20). The normalized spacial score (nSPS) is 11.9. The van der Waals surface area contributed by atoms with Crippen LogP contribution in [0, 0.1) is 0 Å². The highest BCUT2D eigenvalue weighted by molar-refractivity contribution is 5.94. The van der Waals surface area contributed by atoms with Crippen molar-refractivity contribution in [3.63, 3.8) is 0 Å². The molecule has 4 nitrogen and oxygen atoms in total. The number of rotatable bonds is 9. The molecule has 0 fully saturated rings. The lowest BCUT2D eigenvalue weighted by molar-refractivity contribution is 0.0932. The highest BCUT2D eigenvalue weighted by Crippen LogP contribution is 2.10. The van der Waals surface area contributed by atoms with Gasteiger partial charge in [-0.1, -0.05) is 33.1 Å². The van der Waals surface area contributed by atoms with Gasteiger partial charge in [0.2, 0.25) is 0 Å². The van der Waals surface area contributed by atoms with Gasteiger partial charge in [-0.15, -0.1) is 0 Å². The number of hydrogen-bond acceptors (Lipinski definition) is 3. The van der Waals surface area contributed by atoms with Gasteiger partial charge in [0.05, 0.1) is 0 Å². The maximum Gasteiger partial charge on any atom is 0.251 e. The molecule has 0 saturated heterocycles. The Hall–Kier alpha value is -1.58. The van der Waals surface area contributed by atoms with E-state index in [0.717, 1.165) is 44.5 Å². The molecule has 1 rings (SSSR count). The van der Waals surface area contributed by atoms with Crippen molar-refractivity contribution in [2.45, 2.75) is 58.9 Å². The van der Waals surface area contributed by atoms with Gasteiger partial charge in [-0.3, -0.25) is 4.79 Å². The second kappa shape index (κ2) is 9.34. The van der Waals surface area contributed by atoms with E-state index in [1.807, 2.05) is 13.0 Å². The minimum absolute atomic E-state index is 0.00102. The van der Waals surface area contributed by atoms with Crippen LogP contribution in [0.4, 0.5) is 5.82 Å². The van der Waals surface area contributed by atoms with Crippen LogP contribution < -0.4 is 10.6 Å². The molecule has 2 N–H and O–H groups in total. The van der Waals surface area contributed by atoms with Gasteiger partial charge >= 0.3 is 0 Å². The third kappa shape index (κ3) is 5.59. The van der Waals surface area contributed by atoms with E-state index in [1.165, 1.54) is 0 Å². The van der Waals surface area contributed by atoms with Crippen molar-refractivity contribution in [1.29, 1.82) is 0 Å². The number of nitrogens with one attached hydrogen (secondary N) is 2. The van der Waals surface area contributed by atoms with Gasteiger partial charge in [0.25, 0.3) is 5.91 Å². The molecule has 1 aromatic rings. The van der Waals surface area contributed by atoms with E-state index in [1.54, 1.807) is 12.3 Å². The zero-order valence-corrected chi connectivity index (χ0v) is 12.9. The highest BCUT2D eigenvalue weighted by Gasteiger charge is 2.13. The van der Waals surface area contributed by atoms with E-state index >= 15 is 0 Å². The summed E-state index contributed by atoms with van der Waals surface area (Å²) in [6.45, 7) is 7.14. The largest absolute Gasteiger partial charge is 0.370 e. The first kappa shape index (κ1) is 16.5. The zero-order chi connectivity index (χ0) is 14.8. The van der Waals surface area contributed by atoms with E-state index in [-0.39, 0.29) is 11.9 Å². The summed E-state index contributed by atoms with van der Waals surface area (Å²) in [7, 11) is 0. The van der Waals surface area contributed by atoms with Crippen LogP contribution in [0.3, 0.4) is 0 Å². The van der Waals surface area contributed by atoms with E-state index in [9.17, 15) is 4.79 Å². The number of anilines is 1. The summed E-state index contributed by atoms with van der Waals surface area (Å²) < 4.78 is 0. The average Bonchev–Trinajstić information content (AvgIpc) is 2.45. The molecule has 1 unspecified atom stereocenters. The van der Waals surface area contributed by atoms with Crippen LogP contribution in [0.15, 0.2) is 18.3 Å². The smallest absolute Gasteiger partial charge is 0.251 e. The molecule has 1 heterocycles. The van der Waals surface area contributed by atoms with Crippen molar-refractivity contribution in [1.82, 2.24) is 10.3 Å². The number of pyridine rings is 1. The van der Waals surface area contributed by atoms with Crippen LogP contribution in [0.25, 0.3) is 0 Å². The SMILES string of the molecule is CCCCC(CCC)NC(=O)c1ccnc(NCC)c1. The van der Waals surface area contributed by atoms with Gasteiger partial charge in [-0.25, -0.2) is 4.98 Å². The number of unbranched alkanes of at least 4 members (excludes halogenated alkanes) is 1. The number of carbonyl (C=O) groups excluding carboxylic acids is 1. The Bertz CT molecular complexity index is 406. The molecule has 0 bridgehead atoms. The fourth-order valence-electron chi connectivity index (χ4n) is 2.21. The molecule has 0 aliphatic heterocycles. The van der Waals surface area contributed by atoms with Crippen molar-refractivity contribution in [2.24, 2.45) is 0 Å². The minimum Gasteiger partial charge on any atom is -0.370 e. The van der Waals surface area contributed by atoms with Crippen LogP contribution in [0.2, 0.25) is 0 Å². The Balaban J connectivity index is 2.64. The molecule has 0 spiro atoms. The first-order chi connectivity index (χ1) is 9.71. The van der Waals surface area contributed by atoms with Crippen molar-refractivity contribution >= 4 is 11.7 Å². The maximum atomic E-state index is 12.3. The van der Waals surface area contributed by atoms with Crippen LogP contribution >= 0.6 is 0 Å². The molecule has 20 heavy (non-hydrogen) atoms. The van der Waals surface area contributed by atoms with Gasteiger partial charge in [-0.05, 0) is 31.9 Å². The lowest BCUT2D eigenvalue weighted by Crippen LogP contribution is -2.34. The fourth-order valence-corrected chi connectivity index (χ4v) is 2.21. The third-order valence-electron chi connectivity index (χ3n) is 3.26. The predicted molar refractivity (Wildman–Crippen MR) is 84.1 cm³/mol. The van der Waals surface area contributed by atoms with Gasteiger partial charge in [0.1, 0.15) is 5.82 Å². The molecule has 112 valence electrons. The Labute approximate surface area is 122 Å². The predicted octanol–water partition coefficient (Wildman–Crippen LogP) is 3.60. The molecule has 0 radical (unpaired) electrons. The van der Waals surface area contributed by atoms with Crippen LogP contribution in [0.5, 0.6) is 0 Å². The highest BCUT2D eigenvalue weighted by atomic mass is 16.1. The summed E-state index contributed by atoms with van der Waals surface area (Å²) in [6.07, 6.45) is 7.18. The van der Waals surface area contributed by atoms with Crippen LogP contribution in [-0.4, -0.2) is 23.5 Å². The minimum atomic E-state index is 0.00102. The fraction of sp³-hybridized carbons (Fsp3) is 0.625.